The molecule has 1 saturated carbocycles. The van der Waals surface area contributed by atoms with Crippen molar-refractivity contribution in [3.8, 4) is 0 Å². The fraction of sp³-hybridized carbons (Fsp3) is 0.538. The molecular weight excluding hydrogens is 230 g/mol. The van der Waals surface area contributed by atoms with E-state index in [0.29, 0.717) is 6.04 Å². The Morgan fingerprint density at radius 2 is 2.11 bits per heavy atom. The van der Waals surface area contributed by atoms with E-state index in [4.69, 9.17) is 0 Å². The molecule has 1 aromatic rings. The number of hydrogen-bond donors (Lipinski definition) is 2. The summed E-state index contributed by atoms with van der Waals surface area (Å²) in [5, 5.41) is 17.8. The highest BCUT2D eigenvalue weighted by Gasteiger charge is 2.26. The van der Waals surface area contributed by atoms with Gasteiger partial charge in [0.15, 0.2) is 0 Å². The van der Waals surface area contributed by atoms with Crippen molar-refractivity contribution < 1.29 is 4.92 Å². The summed E-state index contributed by atoms with van der Waals surface area (Å²) in [6, 6.07) is 3.82. The summed E-state index contributed by atoms with van der Waals surface area (Å²) in [6.45, 7) is 0.871. The monoisotopic (exact) mass is 247 g/mol. The first kappa shape index (κ1) is 11.3. The maximum absolute atomic E-state index is 11.1. The zero-order valence-electron chi connectivity index (χ0n) is 10.2. The van der Waals surface area contributed by atoms with Crippen molar-refractivity contribution in [2.24, 2.45) is 0 Å². The summed E-state index contributed by atoms with van der Waals surface area (Å²) in [7, 11) is 0. The van der Waals surface area contributed by atoms with Gasteiger partial charge in [0.1, 0.15) is 5.69 Å². The molecule has 96 valence electrons. The van der Waals surface area contributed by atoms with Gasteiger partial charge in [-0.25, -0.2) is 0 Å². The van der Waals surface area contributed by atoms with Crippen molar-refractivity contribution in [3.05, 3.63) is 27.8 Å². The summed E-state index contributed by atoms with van der Waals surface area (Å²) < 4.78 is 0. The highest BCUT2D eigenvalue weighted by molar-refractivity contribution is 5.77. The first-order valence-electron chi connectivity index (χ1n) is 6.56. The van der Waals surface area contributed by atoms with Gasteiger partial charge in [-0.15, -0.1) is 0 Å². The molecule has 0 radical (unpaired) electrons. The Morgan fingerprint density at radius 1 is 1.33 bits per heavy atom. The predicted molar refractivity (Wildman–Crippen MR) is 71.2 cm³/mol. The minimum absolute atomic E-state index is 0.212. The Hall–Kier alpha value is -1.78. The number of fused-ring (bicyclic) bond motifs is 1. The summed E-state index contributed by atoms with van der Waals surface area (Å²) in [4.78, 5) is 10.9. The average molecular weight is 247 g/mol. The Bertz CT molecular complexity index is 481. The fourth-order valence-corrected chi connectivity index (χ4v) is 2.97. The van der Waals surface area contributed by atoms with Crippen LogP contribution in [-0.2, 0) is 6.42 Å². The lowest BCUT2D eigenvalue weighted by Gasteiger charge is -2.16. The van der Waals surface area contributed by atoms with Gasteiger partial charge in [0.2, 0.25) is 0 Å². The van der Waals surface area contributed by atoms with Crippen LogP contribution in [-0.4, -0.2) is 17.5 Å². The van der Waals surface area contributed by atoms with E-state index in [-0.39, 0.29) is 10.6 Å². The normalized spacial score (nSPS) is 18.4. The molecule has 3 rings (SSSR count). The van der Waals surface area contributed by atoms with E-state index in [0.717, 1.165) is 42.7 Å². The van der Waals surface area contributed by atoms with Crippen LogP contribution in [0.15, 0.2) is 12.1 Å². The minimum atomic E-state index is -0.282. The van der Waals surface area contributed by atoms with Crippen molar-refractivity contribution in [1.29, 1.82) is 0 Å². The van der Waals surface area contributed by atoms with Crippen LogP contribution < -0.4 is 10.6 Å². The van der Waals surface area contributed by atoms with E-state index in [2.05, 4.69) is 10.6 Å². The number of rotatable bonds is 3. The average Bonchev–Trinajstić information content (AvgIpc) is 2.98. The number of nitrogens with one attached hydrogen (secondary N) is 2. The maximum atomic E-state index is 11.1. The second kappa shape index (κ2) is 4.48. The van der Waals surface area contributed by atoms with E-state index in [1.807, 2.05) is 6.07 Å². The standard InChI is InChI=1S/C13H17N3O2/c17-16(18)12-6-5-11-10(7-8-14-11)13(12)15-9-3-1-2-4-9/h5-6,9,14-15H,1-4,7-8H2. The van der Waals surface area contributed by atoms with Crippen molar-refractivity contribution in [1.82, 2.24) is 0 Å². The van der Waals surface area contributed by atoms with Gasteiger partial charge in [0, 0.05) is 29.9 Å². The Kier molecular flexibility index (Phi) is 2.81. The second-order valence-electron chi connectivity index (χ2n) is 5.05. The third-order valence-electron chi connectivity index (χ3n) is 3.88. The van der Waals surface area contributed by atoms with Gasteiger partial charge in [0.05, 0.1) is 4.92 Å². The SMILES string of the molecule is O=[N+]([O-])c1ccc2c(c1NC1CCCC1)CCN2. The number of benzene rings is 1. The fourth-order valence-electron chi connectivity index (χ4n) is 2.97. The van der Waals surface area contributed by atoms with Crippen LogP contribution in [0.5, 0.6) is 0 Å². The predicted octanol–water partition coefficient (Wildman–Crippen LogP) is 2.92. The number of nitro groups is 1. The summed E-state index contributed by atoms with van der Waals surface area (Å²) in [5.74, 6) is 0. The third-order valence-corrected chi connectivity index (χ3v) is 3.88. The van der Waals surface area contributed by atoms with Crippen molar-refractivity contribution >= 4 is 17.1 Å². The molecule has 5 heteroatoms. The largest absolute Gasteiger partial charge is 0.384 e. The Morgan fingerprint density at radius 3 is 2.83 bits per heavy atom. The minimum Gasteiger partial charge on any atom is -0.384 e. The van der Waals surface area contributed by atoms with Gasteiger partial charge < -0.3 is 10.6 Å². The summed E-state index contributed by atoms with van der Waals surface area (Å²) >= 11 is 0. The highest BCUT2D eigenvalue weighted by Crippen LogP contribution is 2.38. The van der Waals surface area contributed by atoms with Gasteiger partial charge in [0.25, 0.3) is 5.69 Å². The Labute approximate surface area is 106 Å². The lowest BCUT2D eigenvalue weighted by atomic mass is 10.1. The van der Waals surface area contributed by atoms with Crippen LogP contribution in [0.25, 0.3) is 0 Å². The molecule has 5 nitrogen and oxygen atoms in total. The van der Waals surface area contributed by atoms with Crippen molar-refractivity contribution in [2.75, 3.05) is 17.2 Å². The van der Waals surface area contributed by atoms with E-state index in [1.165, 1.54) is 12.8 Å². The van der Waals surface area contributed by atoms with Gasteiger partial charge >= 0.3 is 0 Å². The molecule has 0 atom stereocenters. The van der Waals surface area contributed by atoms with Gasteiger partial charge in [-0.2, -0.15) is 0 Å². The number of nitro benzene ring substituents is 1. The van der Waals surface area contributed by atoms with Crippen LogP contribution in [0, 0.1) is 10.1 Å². The quantitative estimate of drug-likeness (QED) is 0.636. The van der Waals surface area contributed by atoms with E-state index in [9.17, 15) is 10.1 Å². The van der Waals surface area contributed by atoms with E-state index in [1.54, 1.807) is 6.07 Å². The molecule has 2 aliphatic rings. The van der Waals surface area contributed by atoms with Gasteiger partial charge in [-0.05, 0) is 25.3 Å². The molecule has 18 heavy (non-hydrogen) atoms. The molecule has 0 spiro atoms. The van der Waals surface area contributed by atoms with Gasteiger partial charge in [-0.1, -0.05) is 12.8 Å². The Balaban J connectivity index is 1.98. The van der Waals surface area contributed by atoms with Crippen LogP contribution in [0.3, 0.4) is 0 Å². The molecule has 1 aliphatic heterocycles. The second-order valence-corrected chi connectivity index (χ2v) is 5.05. The zero-order chi connectivity index (χ0) is 12.5. The molecule has 1 aromatic carbocycles. The van der Waals surface area contributed by atoms with E-state index < -0.39 is 0 Å². The van der Waals surface area contributed by atoms with Crippen molar-refractivity contribution in [3.63, 3.8) is 0 Å². The lowest BCUT2D eigenvalue weighted by molar-refractivity contribution is -0.384. The van der Waals surface area contributed by atoms with Crippen molar-refractivity contribution in [2.45, 2.75) is 38.1 Å². The molecule has 1 aliphatic carbocycles. The molecule has 0 unspecified atom stereocenters. The molecule has 1 fully saturated rings. The topological polar surface area (TPSA) is 67.2 Å². The van der Waals surface area contributed by atoms with Crippen LogP contribution in [0.4, 0.5) is 17.1 Å². The molecule has 0 bridgehead atoms. The molecule has 1 heterocycles. The summed E-state index contributed by atoms with van der Waals surface area (Å²) in [6.07, 6.45) is 5.55. The number of anilines is 2. The van der Waals surface area contributed by atoms with Crippen LogP contribution in [0.2, 0.25) is 0 Å². The smallest absolute Gasteiger partial charge is 0.292 e. The third kappa shape index (κ3) is 1.89. The molecule has 0 saturated heterocycles. The highest BCUT2D eigenvalue weighted by atomic mass is 16.6. The summed E-state index contributed by atoms with van der Waals surface area (Å²) in [5.41, 5.74) is 3.08. The molecule has 2 N–H and O–H groups in total. The number of nitrogens with zero attached hydrogens (tertiary/aromatic N) is 1. The molecule has 0 aromatic heterocycles. The number of hydrogen-bond acceptors (Lipinski definition) is 4. The molecular formula is C13H17N3O2. The first-order valence-corrected chi connectivity index (χ1v) is 6.56. The van der Waals surface area contributed by atoms with Crippen LogP contribution >= 0.6 is 0 Å². The maximum Gasteiger partial charge on any atom is 0.292 e. The van der Waals surface area contributed by atoms with Gasteiger partial charge in [-0.3, -0.25) is 10.1 Å². The first-order chi connectivity index (χ1) is 8.75. The van der Waals surface area contributed by atoms with Crippen LogP contribution in [0.1, 0.15) is 31.2 Å². The van der Waals surface area contributed by atoms with E-state index >= 15 is 0 Å². The zero-order valence-corrected chi connectivity index (χ0v) is 10.2. The molecule has 0 amide bonds. The lowest BCUT2D eigenvalue weighted by Crippen LogP contribution is -2.16.